The van der Waals surface area contributed by atoms with E-state index in [9.17, 15) is 9.90 Å². The summed E-state index contributed by atoms with van der Waals surface area (Å²) in [7, 11) is 0. The van der Waals surface area contributed by atoms with E-state index in [1.807, 2.05) is 32.0 Å². The molecule has 1 heterocycles. The summed E-state index contributed by atoms with van der Waals surface area (Å²) in [5.74, 6) is -0.290. The minimum atomic E-state index is -0.477. The average molecular weight is 275 g/mol. The molecule has 0 aliphatic rings. The summed E-state index contributed by atoms with van der Waals surface area (Å²) in [6, 6.07) is 5.79. The Bertz CT molecular complexity index is 759. The molecule has 6 heteroatoms. The molecule has 2 aromatic rings. The van der Waals surface area contributed by atoms with Crippen LogP contribution in [0.15, 0.2) is 28.0 Å². The maximum atomic E-state index is 11.6. The standard InChI is InChI=1S/C13H13N3O2S/c1-7-3-4-10(8(2)5-7)14-6-9-11(17)15-13(19)16-12(9)18/h3-6H,1-2H3,(H3,15,16,17,18,19). The zero-order chi connectivity index (χ0) is 14.0. The fourth-order valence-corrected chi connectivity index (χ4v) is 1.88. The van der Waals surface area contributed by atoms with Gasteiger partial charge in [-0.05, 0) is 37.7 Å². The number of aromatic nitrogens is 2. The van der Waals surface area contributed by atoms with Crippen molar-refractivity contribution in [3.63, 3.8) is 0 Å². The first kappa shape index (κ1) is 13.2. The number of benzene rings is 1. The molecule has 1 aromatic carbocycles. The molecule has 0 saturated heterocycles. The Morgan fingerprint density at radius 2 is 2.05 bits per heavy atom. The highest BCUT2D eigenvalue weighted by Crippen LogP contribution is 2.19. The van der Waals surface area contributed by atoms with Gasteiger partial charge in [-0.15, -0.1) is 0 Å². The first-order chi connectivity index (χ1) is 8.97. The first-order valence-corrected chi connectivity index (χ1v) is 6.05. The third kappa shape index (κ3) is 2.97. The molecule has 98 valence electrons. The lowest BCUT2D eigenvalue weighted by molar-refractivity contribution is 0.449. The summed E-state index contributed by atoms with van der Waals surface area (Å²) in [6.45, 7) is 3.93. The van der Waals surface area contributed by atoms with Gasteiger partial charge < -0.3 is 10.1 Å². The van der Waals surface area contributed by atoms with Gasteiger partial charge in [0.25, 0.3) is 5.56 Å². The molecule has 0 bridgehead atoms. The largest absolute Gasteiger partial charge is 0.494 e. The summed E-state index contributed by atoms with van der Waals surface area (Å²) in [6.07, 6.45) is 1.32. The average Bonchev–Trinajstić information content (AvgIpc) is 2.30. The Balaban J connectivity index is 2.44. The SMILES string of the molecule is Cc1ccc(N=Cc2c(O)[nH]c(=S)[nH]c2=O)c(C)c1. The van der Waals surface area contributed by atoms with E-state index < -0.39 is 5.56 Å². The number of aromatic amines is 2. The van der Waals surface area contributed by atoms with Gasteiger partial charge in [-0.2, -0.15) is 0 Å². The molecule has 2 rings (SSSR count). The van der Waals surface area contributed by atoms with Crippen molar-refractivity contribution in [3.8, 4) is 5.88 Å². The number of hydrogen-bond donors (Lipinski definition) is 3. The summed E-state index contributed by atoms with van der Waals surface area (Å²) >= 11 is 4.74. The normalized spacial score (nSPS) is 11.1. The van der Waals surface area contributed by atoms with Crippen molar-refractivity contribution in [2.45, 2.75) is 13.8 Å². The van der Waals surface area contributed by atoms with Crippen LogP contribution >= 0.6 is 12.2 Å². The maximum Gasteiger partial charge on any atom is 0.264 e. The first-order valence-electron chi connectivity index (χ1n) is 5.64. The van der Waals surface area contributed by atoms with E-state index in [4.69, 9.17) is 12.2 Å². The topological polar surface area (TPSA) is 81.2 Å². The lowest BCUT2D eigenvalue weighted by Gasteiger charge is -2.01. The lowest BCUT2D eigenvalue weighted by atomic mass is 10.1. The van der Waals surface area contributed by atoms with Gasteiger partial charge in [0, 0.05) is 6.21 Å². The van der Waals surface area contributed by atoms with E-state index in [-0.39, 0.29) is 16.2 Å². The third-order valence-corrected chi connectivity index (χ3v) is 2.85. The van der Waals surface area contributed by atoms with Crippen molar-refractivity contribution in [2.75, 3.05) is 0 Å². The molecule has 0 saturated carbocycles. The van der Waals surface area contributed by atoms with Crippen LogP contribution in [0.3, 0.4) is 0 Å². The molecule has 19 heavy (non-hydrogen) atoms. The Morgan fingerprint density at radius 1 is 1.32 bits per heavy atom. The smallest absolute Gasteiger partial charge is 0.264 e. The van der Waals surface area contributed by atoms with Gasteiger partial charge in [0.15, 0.2) is 4.77 Å². The highest BCUT2D eigenvalue weighted by molar-refractivity contribution is 7.71. The van der Waals surface area contributed by atoms with E-state index in [2.05, 4.69) is 15.0 Å². The summed E-state index contributed by atoms with van der Waals surface area (Å²) in [4.78, 5) is 20.7. The van der Waals surface area contributed by atoms with Crippen molar-refractivity contribution in [1.82, 2.24) is 9.97 Å². The minimum absolute atomic E-state index is 0.0496. The molecule has 0 radical (unpaired) electrons. The van der Waals surface area contributed by atoms with Crippen molar-refractivity contribution >= 4 is 24.1 Å². The number of aliphatic imine (C=N–C) groups is 1. The molecule has 0 aliphatic carbocycles. The van der Waals surface area contributed by atoms with Crippen LogP contribution in [0.2, 0.25) is 0 Å². The number of aromatic hydroxyl groups is 1. The molecule has 0 amide bonds. The van der Waals surface area contributed by atoms with Crippen LogP contribution in [0.25, 0.3) is 0 Å². The molecule has 3 N–H and O–H groups in total. The third-order valence-electron chi connectivity index (χ3n) is 2.64. The van der Waals surface area contributed by atoms with Crippen LogP contribution in [0, 0.1) is 18.6 Å². The number of aryl methyl sites for hydroxylation is 2. The molecular formula is C13H13N3O2S. The fraction of sp³-hybridized carbons (Fsp3) is 0.154. The van der Waals surface area contributed by atoms with Crippen LogP contribution < -0.4 is 5.56 Å². The van der Waals surface area contributed by atoms with Gasteiger partial charge in [-0.1, -0.05) is 17.7 Å². The number of nitrogens with zero attached hydrogens (tertiary/aromatic N) is 1. The van der Waals surface area contributed by atoms with Crippen molar-refractivity contribution in [2.24, 2.45) is 4.99 Å². The Hall–Kier alpha value is -2.21. The molecule has 1 aromatic heterocycles. The summed E-state index contributed by atoms with van der Waals surface area (Å²) < 4.78 is 0.0752. The van der Waals surface area contributed by atoms with Gasteiger partial charge in [0.05, 0.1) is 5.69 Å². The minimum Gasteiger partial charge on any atom is -0.494 e. The van der Waals surface area contributed by atoms with Crippen LogP contribution in [0.4, 0.5) is 5.69 Å². The molecule has 0 fully saturated rings. The van der Waals surface area contributed by atoms with Gasteiger partial charge in [-0.25, -0.2) is 0 Å². The van der Waals surface area contributed by atoms with Crippen molar-refractivity contribution in [1.29, 1.82) is 0 Å². The highest BCUT2D eigenvalue weighted by Gasteiger charge is 2.04. The zero-order valence-electron chi connectivity index (χ0n) is 10.5. The Kier molecular flexibility index (Phi) is 3.62. The second-order valence-electron chi connectivity index (χ2n) is 4.22. The van der Waals surface area contributed by atoms with E-state index in [1.165, 1.54) is 6.21 Å². The molecule has 0 aliphatic heterocycles. The van der Waals surface area contributed by atoms with E-state index in [1.54, 1.807) is 0 Å². The Morgan fingerprint density at radius 3 is 2.68 bits per heavy atom. The van der Waals surface area contributed by atoms with Crippen LogP contribution in [-0.2, 0) is 0 Å². The second-order valence-corrected chi connectivity index (χ2v) is 4.63. The Labute approximate surface area is 114 Å². The molecule has 0 unspecified atom stereocenters. The van der Waals surface area contributed by atoms with Gasteiger partial charge in [0.1, 0.15) is 5.56 Å². The monoisotopic (exact) mass is 275 g/mol. The number of nitrogens with one attached hydrogen (secondary N) is 2. The zero-order valence-corrected chi connectivity index (χ0v) is 11.3. The molecule has 0 spiro atoms. The van der Waals surface area contributed by atoms with Crippen LogP contribution in [0.1, 0.15) is 16.7 Å². The number of rotatable bonds is 2. The van der Waals surface area contributed by atoms with Crippen molar-refractivity contribution in [3.05, 3.63) is 50.0 Å². The van der Waals surface area contributed by atoms with E-state index in [0.29, 0.717) is 0 Å². The quantitative estimate of drug-likeness (QED) is 0.582. The molecular weight excluding hydrogens is 262 g/mol. The van der Waals surface area contributed by atoms with Gasteiger partial charge >= 0.3 is 0 Å². The summed E-state index contributed by atoms with van der Waals surface area (Å²) in [5.41, 5.74) is 2.45. The number of H-pyrrole nitrogens is 2. The van der Waals surface area contributed by atoms with Crippen molar-refractivity contribution < 1.29 is 5.11 Å². The molecule has 0 atom stereocenters. The second kappa shape index (κ2) is 5.19. The van der Waals surface area contributed by atoms with E-state index in [0.717, 1.165) is 16.8 Å². The van der Waals surface area contributed by atoms with Crippen LogP contribution in [0.5, 0.6) is 5.88 Å². The highest BCUT2D eigenvalue weighted by atomic mass is 32.1. The van der Waals surface area contributed by atoms with Gasteiger partial charge in [-0.3, -0.25) is 14.8 Å². The van der Waals surface area contributed by atoms with Crippen LogP contribution in [-0.4, -0.2) is 21.3 Å². The molecule has 5 nitrogen and oxygen atoms in total. The predicted octanol–water partition coefficient (Wildman–Crippen LogP) is 2.51. The maximum absolute atomic E-state index is 11.6. The fourth-order valence-electron chi connectivity index (χ4n) is 1.69. The van der Waals surface area contributed by atoms with Gasteiger partial charge in [0.2, 0.25) is 5.88 Å². The lowest BCUT2D eigenvalue weighted by Crippen LogP contribution is -2.13. The summed E-state index contributed by atoms with van der Waals surface area (Å²) in [5, 5.41) is 9.63. The van der Waals surface area contributed by atoms with E-state index >= 15 is 0 Å². The number of hydrogen-bond acceptors (Lipinski definition) is 4. The predicted molar refractivity (Wildman–Crippen MR) is 77.1 cm³/mol.